The van der Waals surface area contributed by atoms with E-state index in [2.05, 4.69) is 15.6 Å². The third-order valence-corrected chi connectivity index (χ3v) is 8.61. The van der Waals surface area contributed by atoms with Crippen molar-refractivity contribution in [2.45, 2.75) is 35.7 Å². The normalized spacial score (nSPS) is 13.6. The number of anilines is 1. The third-order valence-electron chi connectivity index (χ3n) is 5.43. The summed E-state index contributed by atoms with van der Waals surface area (Å²) in [7, 11) is 0. The van der Waals surface area contributed by atoms with E-state index in [-0.39, 0.29) is 21.8 Å². The number of aromatic nitrogens is 2. The molecule has 1 aliphatic rings. The summed E-state index contributed by atoms with van der Waals surface area (Å²) in [5.74, 6) is -0.425. The Balaban J connectivity index is 1.40. The summed E-state index contributed by atoms with van der Waals surface area (Å²) < 4.78 is 0.826. The van der Waals surface area contributed by atoms with Gasteiger partial charge in [-0.3, -0.25) is 4.98 Å². The number of nitrogens with zero attached hydrogens (tertiary/aromatic N) is 2. The molecule has 0 spiro atoms. The molecule has 0 saturated heterocycles. The molecule has 2 heterocycles. The second-order valence-corrected chi connectivity index (χ2v) is 10.7. The van der Waals surface area contributed by atoms with Crippen LogP contribution in [0.25, 0.3) is 11.3 Å². The molecule has 1 saturated carbocycles. The molecule has 8 heteroatoms. The Morgan fingerprint density at radius 2 is 1.91 bits per heavy atom. The van der Waals surface area contributed by atoms with Gasteiger partial charge in [0.15, 0.2) is 0 Å². The van der Waals surface area contributed by atoms with Gasteiger partial charge in [0, 0.05) is 12.4 Å². The van der Waals surface area contributed by atoms with Gasteiger partial charge in [0.25, 0.3) is 0 Å². The molecule has 3 amide bonds. The van der Waals surface area contributed by atoms with Gasteiger partial charge >= 0.3 is 159 Å². The van der Waals surface area contributed by atoms with Crippen molar-refractivity contribution in [1.29, 1.82) is 0 Å². The molecule has 0 unspecified atom stereocenters. The molecule has 0 aliphatic heterocycles. The SMILES string of the molecule is NC(=O)c1ccc(-c2ccc(NC(=O)NCc3cccnc3)cc2)nc1C[As]C1CCC1. The van der Waals surface area contributed by atoms with Crippen molar-refractivity contribution in [3.63, 3.8) is 0 Å². The first-order valence-corrected chi connectivity index (χ1v) is 13.0. The van der Waals surface area contributed by atoms with Crippen LogP contribution in [0.4, 0.5) is 10.5 Å². The third kappa shape index (κ3) is 5.74. The van der Waals surface area contributed by atoms with Crippen LogP contribution in [0.5, 0.6) is 0 Å². The van der Waals surface area contributed by atoms with Crippen LogP contribution in [-0.4, -0.2) is 37.7 Å². The molecule has 163 valence electrons. The summed E-state index contributed by atoms with van der Waals surface area (Å²) in [6.45, 7) is 0.403. The van der Waals surface area contributed by atoms with E-state index in [4.69, 9.17) is 10.7 Å². The van der Waals surface area contributed by atoms with Gasteiger partial charge in [-0.15, -0.1) is 0 Å². The summed E-state index contributed by atoms with van der Waals surface area (Å²) in [4.78, 5) is 32.8. The number of amides is 3. The molecule has 0 bridgehead atoms. The van der Waals surface area contributed by atoms with E-state index in [9.17, 15) is 9.59 Å². The summed E-state index contributed by atoms with van der Waals surface area (Å²) in [5, 5.41) is 6.48. The molecule has 0 atom stereocenters. The number of rotatable bonds is 8. The molecule has 7 nitrogen and oxygen atoms in total. The van der Waals surface area contributed by atoms with Crippen molar-refractivity contribution < 1.29 is 9.59 Å². The van der Waals surface area contributed by atoms with Crippen LogP contribution in [0.15, 0.2) is 60.9 Å². The average Bonchev–Trinajstić information content (AvgIpc) is 2.78. The number of nitrogens with two attached hydrogens (primary N) is 1. The zero-order valence-electron chi connectivity index (χ0n) is 17.6. The Morgan fingerprint density at radius 1 is 1.09 bits per heavy atom. The van der Waals surface area contributed by atoms with Crippen LogP contribution in [0.3, 0.4) is 0 Å². The van der Waals surface area contributed by atoms with Crippen molar-refractivity contribution in [2.24, 2.45) is 5.73 Å². The number of carbonyl (C=O) groups excluding carboxylic acids is 2. The second-order valence-electron chi connectivity index (χ2n) is 7.73. The first-order chi connectivity index (χ1) is 15.6. The van der Waals surface area contributed by atoms with Crippen LogP contribution >= 0.6 is 0 Å². The van der Waals surface area contributed by atoms with Crippen molar-refractivity contribution in [2.75, 3.05) is 5.32 Å². The summed E-state index contributed by atoms with van der Waals surface area (Å²) in [6.07, 6.45) is 7.33. The van der Waals surface area contributed by atoms with Crippen LogP contribution in [-0.2, 0) is 11.8 Å². The molecule has 1 aliphatic carbocycles. The van der Waals surface area contributed by atoms with Gasteiger partial charge in [0.05, 0.1) is 0 Å². The fraction of sp³-hybridized carbons (Fsp3) is 0.250. The number of hydrogen-bond acceptors (Lipinski definition) is 4. The number of pyridine rings is 2. The summed E-state index contributed by atoms with van der Waals surface area (Å²) >= 11 is 0.136. The number of urea groups is 1. The van der Waals surface area contributed by atoms with E-state index in [0.29, 0.717) is 17.8 Å². The molecular formula is C24H25AsN5O2. The maximum atomic E-state index is 12.1. The van der Waals surface area contributed by atoms with Crippen molar-refractivity contribution in [3.8, 4) is 11.3 Å². The predicted octanol–water partition coefficient (Wildman–Crippen LogP) is 3.74. The number of benzene rings is 1. The van der Waals surface area contributed by atoms with Gasteiger partial charge in [0.1, 0.15) is 0 Å². The molecular weight excluding hydrogens is 465 g/mol. The number of primary amides is 1. The van der Waals surface area contributed by atoms with Crippen molar-refractivity contribution in [3.05, 3.63) is 77.7 Å². The molecule has 4 N–H and O–H groups in total. The fourth-order valence-corrected chi connectivity index (χ4v) is 6.32. The molecule has 4 rings (SSSR count). The van der Waals surface area contributed by atoms with Crippen LogP contribution in [0, 0.1) is 0 Å². The number of carbonyl (C=O) groups is 2. The minimum atomic E-state index is -0.425. The molecule has 32 heavy (non-hydrogen) atoms. The van der Waals surface area contributed by atoms with Gasteiger partial charge in [-0.1, -0.05) is 6.07 Å². The number of nitrogens with one attached hydrogen (secondary N) is 2. The molecule has 1 aromatic carbocycles. The number of hydrogen-bond donors (Lipinski definition) is 3. The van der Waals surface area contributed by atoms with Gasteiger partial charge in [-0.05, 0) is 11.6 Å². The van der Waals surface area contributed by atoms with Gasteiger partial charge in [-0.25, -0.2) is 0 Å². The zero-order valence-corrected chi connectivity index (χ0v) is 19.5. The molecule has 3 aromatic rings. The Labute approximate surface area is 193 Å². The van der Waals surface area contributed by atoms with Crippen LogP contribution in [0.1, 0.15) is 40.9 Å². The van der Waals surface area contributed by atoms with E-state index in [1.54, 1.807) is 18.5 Å². The topological polar surface area (TPSA) is 110 Å². The van der Waals surface area contributed by atoms with Crippen LogP contribution in [0.2, 0.25) is 4.71 Å². The molecule has 1 radical (unpaired) electrons. The first-order valence-electron chi connectivity index (χ1n) is 10.6. The Bertz CT molecular complexity index is 1090. The van der Waals surface area contributed by atoms with E-state index in [1.165, 1.54) is 19.3 Å². The molecule has 1 fully saturated rings. The van der Waals surface area contributed by atoms with E-state index in [0.717, 1.165) is 32.4 Å². The van der Waals surface area contributed by atoms with E-state index >= 15 is 0 Å². The van der Waals surface area contributed by atoms with Gasteiger partial charge in [-0.2, -0.15) is 0 Å². The fourth-order valence-electron chi connectivity index (χ4n) is 3.38. The van der Waals surface area contributed by atoms with Crippen LogP contribution < -0.4 is 16.4 Å². The minimum absolute atomic E-state index is 0.136. The molecule has 2 aromatic heterocycles. The average molecular weight is 490 g/mol. The first kappa shape index (κ1) is 22.0. The standard InChI is InChI=1S/C24H25AsN5O2/c26-23(31)20-10-11-21(30-22(20)13-25-18-4-1-5-18)17-6-8-19(9-7-17)29-24(32)28-15-16-3-2-12-27-14-16/h2-3,6-12,14,18H,1,4-5,13,15H2,(H2,26,31)(H2,28,29,32). The monoisotopic (exact) mass is 490 g/mol. The zero-order chi connectivity index (χ0) is 22.3. The quantitative estimate of drug-likeness (QED) is 0.418. The Morgan fingerprint density at radius 3 is 2.56 bits per heavy atom. The maximum absolute atomic E-state index is 12.1. The summed E-state index contributed by atoms with van der Waals surface area (Å²) in [6, 6.07) is 14.5. The predicted molar refractivity (Wildman–Crippen MR) is 125 cm³/mol. The van der Waals surface area contributed by atoms with Crippen molar-refractivity contribution in [1.82, 2.24) is 15.3 Å². The van der Waals surface area contributed by atoms with Gasteiger partial charge < -0.3 is 0 Å². The Hall–Kier alpha value is -3.18. The second kappa shape index (κ2) is 10.4. The van der Waals surface area contributed by atoms with E-state index in [1.807, 2.05) is 42.5 Å². The summed E-state index contributed by atoms with van der Waals surface area (Å²) in [5.41, 5.74) is 10.2. The van der Waals surface area contributed by atoms with E-state index < -0.39 is 5.91 Å². The van der Waals surface area contributed by atoms with Crippen molar-refractivity contribution >= 4 is 33.4 Å². The van der Waals surface area contributed by atoms with Gasteiger partial charge in [0.2, 0.25) is 0 Å². The Kier molecular flexibility index (Phi) is 7.17.